The Balaban J connectivity index is 3.09. The summed E-state index contributed by atoms with van der Waals surface area (Å²) in [5.41, 5.74) is 0.427. The predicted molar refractivity (Wildman–Crippen MR) is 64.5 cm³/mol. The second kappa shape index (κ2) is 5.79. The Morgan fingerprint density at radius 2 is 1.94 bits per heavy atom. The van der Waals surface area contributed by atoms with Crippen LogP contribution in [-0.4, -0.2) is 37.9 Å². The minimum absolute atomic E-state index is 0.0388. The van der Waals surface area contributed by atoms with Crippen molar-refractivity contribution in [2.75, 3.05) is 13.2 Å². The number of rotatable bonds is 5. The van der Waals surface area contributed by atoms with Gasteiger partial charge in [-0.3, -0.25) is 0 Å². The van der Waals surface area contributed by atoms with Gasteiger partial charge in [-0.2, -0.15) is 0 Å². The number of halogens is 1. The Morgan fingerprint density at radius 1 is 1.35 bits per heavy atom. The Labute approximate surface area is 105 Å². The summed E-state index contributed by atoms with van der Waals surface area (Å²) in [6, 6.07) is 3.61. The molecule has 0 atom stereocenters. The van der Waals surface area contributed by atoms with Crippen LogP contribution in [-0.2, 0) is 10.0 Å². The standard InChI is InChI=1S/C10H14ClNO4S/c1-7-9(11)3-2-4-10(7)17(15,16)12-8(5-13)6-14/h2-4,8,12-14H,5-6H2,1H3. The lowest BCUT2D eigenvalue weighted by atomic mass is 10.2. The Kier molecular flexibility index (Phi) is 4.91. The number of sulfonamides is 1. The van der Waals surface area contributed by atoms with Gasteiger partial charge in [-0.15, -0.1) is 0 Å². The average molecular weight is 280 g/mol. The van der Waals surface area contributed by atoms with Crippen LogP contribution in [0.25, 0.3) is 0 Å². The monoisotopic (exact) mass is 279 g/mol. The van der Waals surface area contributed by atoms with Gasteiger partial charge in [0.1, 0.15) is 0 Å². The zero-order chi connectivity index (χ0) is 13.1. The largest absolute Gasteiger partial charge is 0.395 e. The van der Waals surface area contributed by atoms with Gasteiger partial charge in [0.2, 0.25) is 10.0 Å². The maximum absolute atomic E-state index is 11.9. The molecule has 0 unspecified atom stereocenters. The van der Waals surface area contributed by atoms with Crippen LogP contribution in [0.4, 0.5) is 0 Å². The van der Waals surface area contributed by atoms with Crippen molar-refractivity contribution in [2.45, 2.75) is 17.9 Å². The van der Waals surface area contributed by atoms with Crippen LogP contribution in [0.3, 0.4) is 0 Å². The molecule has 0 bridgehead atoms. The molecule has 3 N–H and O–H groups in total. The van der Waals surface area contributed by atoms with E-state index in [1.807, 2.05) is 0 Å². The van der Waals surface area contributed by atoms with E-state index in [1.54, 1.807) is 13.0 Å². The van der Waals surface area contributed by atoms with Crippen molar-refractivity contribution in [3.63, 3.8) is 0 Å². The van der Waals surface area contributed by atoms with E-state index >= 15 is 0 Å². The Bertz CT molecular complexity index is 485. The van der Waals surface area contributed by atoms with E-state index in [4.69, 9.17) is 21.8 Å². The third-order valence-corrected chi connectivity index (χ3v) is 4.34. The Morgan fingerprint density at radius 3 is 2.47 bits per heavy atom. The second-order valence-electron chi connectivity index (χ2n) is 3.55. The number of hydrogen-bond acceptors (Lipinski definition) is 4. The van der Waals surface area contributed by atoms with E-state index in [-0.39, 0.29) is 4.90 Å². The second-order valence-corrected chi connectivity index (χ2v) is 5.64. The first kappa shape index (κ1) is 14.4. The topological polar surface area (TPSA) is 86.6 Å². The molecule has 0 saturated heterocycles. The van der Waals surface area contributed by atoms with Crippen molar-refractivity contribution in [3.8, 4) is 0 Å². The maximum Gasteiger partial charge on any atom is 0.241 e. The number of benzene rings is 1. The van der Waals surface area contributed by atoms with E-state index in [1.165, 1.54) is 12.1 Å². The van der Waals surface area contributed by atoms with Gasteiger partial charge in [-0.05, 0) is 24.6 Å². The molecule has 1 aromatic rings. The molecule has 0 heterocycles. The van der Waals surface area contributed by atoms with Crippen molar-refractivity contribution in [1.29, 1.82) is 0 Å². The first-order chi connectivity index (χ1) is 7.92. The SMILES string of the molecule is Cc1c(Cl)cccc1S(=O)(=O)NC(CO)CO. The molecule has 17 heavy (non-hydrogen) atoms. The highest BCUT2D eigenvalue weighted by Gasteiger charge is 2.21. The van der Waals surface area contributed by atoms with Crippen LogP contribution < -0.4 is 4.72 Å². The fourth-order valence-corrected chi connectivity index (χ4v) is 3.01. The smallest absolute Gasteiger partial charge is 0.241 e. The first-order valence-corrected chi connectivity index (χ1v) is 6.77. The van der Waals surface area contributed by atoms with Crippen molar-refractivity contribution < 1.29 is 18.6 Å². The summed E-state index contributed by atoms with van der Waals surface area (Å²) in [7, 11) is -3.79. The summed E-state index contributed by atoms with van der Waals surface area (Å²) in [5, 5.41) is 18.0. The lowest BCUT2D eigenvalue weighted by Gasteiger charge is -2.15. The minimum Gasteiger partial charge on any atom is -0.395 e. The molecule has 1 rings (SSSR count). The molecular weight excluding hydrogens is 266 g/mol. The summed E-state index contributed by atoms with van der Waals surface area (Å²) >= 11 is 5.83. The maximum atomic E-state index is 11.9. The van der Waals surface area contributed by atoms with Gasteiger partial charge in [0, 0.05) is 5.02 Å². The normalized spacial score (nSPS) is 12.1. The zero-order valence-electron chi connectivity index (χ0n) is 9.22. The van der Waals surface area contributed by atoms with Crippen LogP contribution in [0.1, 0.15) is 5.56 Å². The first-order valence-electron chi connectivity index (χ1n) is 4.91. The molecule has 7 heteroatoms. The van der Waals surface area contributed by atoms with Gasteiger partial charge in [0.05, 0.1) is 24.2 Å². The zero-order valence-corrected chi connectivity index (χ0v) is 10.8. The Hall–Kier alpha value is -0.660. The summed E-state index contributed by atoms with van der Waals surface area (Å²) in [5.74, 6) is 0. The molecule has 0 aliphatic rings. The quantitative estimate of drug-likeness (QED) is 0.723. The highest BCUT2D eigenvalue weighted by molar-refractivity contribution is 7.89. The van der Waals surface area contributed by atoms with Gasteiger partial charge in [-0.25, -0.2) is 13.1 Å². The molecule has 0 aliphatic carbocycles. The number of aliphatic hydroxyl groups is 2. The molecule has 0 amide bonds. The summed E-state index contributed by atoms with van der Waals surface area (Å²) in [6.45, 7) is 0.633. The lowest BCUT2D eigenvalue weighted by Crippen LogP contribution is -2.40. The van der Waals surface area contributed by atoms with Crippen LogP contribution in [0.15, 0.2) is 23.1 Å². The molecule has 0 aromatic heterocycles. The van der Waals surface area contributed by atoms with Gasteiger partial charge in [0.15, 0.2) is 0 Å². The van der Waals surface area contributed by atoms with Crippen LogP contribution in [0.2, 0.25) is 5.02 Å². The van der Waals surface area contributed by atoms with Crippen LogP contribution >= 0.6 is 11.6 Å². The predicted octanol–water partition coefficient (Wildman–Crippen LogP) is 0.280. The molecule has 0 aliphatic heterocycles. The van der Waals surface area contributed by atoms with Gasteiger partial charge >= 0.3 is 0 Å². The van der Waals surface area contributed by atoms with E-state index in [0.29, 0.717) is 10.6 Å². The molecule has 0 spiro atoms. The van der Waals surface area contributed by atoms with E-state index < -0.39 is 29.3 Å². The number of hydrogen-bond donors (Lipinski definition) is 3. The molecule has 0 fully saturated rings. The van der Waals surface area contributed by atoms with Gasteiger partial charge < -0.3 is 10.2 Å². The van der Waals surface area contributed by atoms with E-state index in [9.17, 15) is 8.42 Å². The van der Waals surface area contributed by atoms with Crippen molar-refractivity contribution in [3.05, 3.63) is 28.8 Å². The summed E-state index contributed by atoms with van der Waals surface area (Å²) in [6.07, 6.45) is 0. The van der Waals surface area contributed by atoms with E-state index in [2.05, 4.69) is 4.72 Å². The fourth-order valence-electron chi connectivity index (χ4n) is 1.29. The summed E-state index contributed by atoms with van der Waals surface area (Å²) in [4.78, 5) is 0.0388. The molecule has 0 radical (unpaired) electrons. The number of nitrogens with one attached hydrogen (secondary N) is 1. The van der Waals surface area contributed by atoms with Gasteiger partial charge in [-0.1, -0.05) is 17.7 Å². The highest BCUT2D eigenvalue weighted by Crippen LogP contribution is 2.22. The van der Waals surface area contributed by atoms with Crippen LogP contribution in [0.5, 0.6) is 0 Å². The molecule has 0 saturated carbocycles. The third kappa shape index (κ3) is 3.40. The molecule has 96 valence electrons. The lowest BCUT2D eigenvalue weighted by molar-refractivity contribution is 0.185. The average Bonchev–Trinajstić information content (AvgIpc) is 2.29. The van der Waals surface area contributed by atoms with E-state index in [0.717, 1.165) is 0 Å². The van der Waals surface area contributed by atoms with Crippen molar-refractivity contribution in [1.82, 2.24) is 4.72 Å². The van der Waals surface area contributed by atoms with Crippen molar-refractivity contribution in [2.24, 2.45) is 0 Å². The fraction of sp³-hybridized carbons (Fsp3) is 0.400. The molecular formula is C10H14ClNO4S. The van der Waals surface area contributed by atoms with Crippen LogP contribution in [0, 0.1) is 6.92 Å². The molecule has 5 nitrogen and oxygen atoms in total. The number of aliphatic hydroxyl groups excluding tert-OH is 2. The third-order valence-electron chi connectivity index (χ3n) is 2.27. The van der Waals surface area contributed by atoms with Gasteiger partial charge in [0.25, 0.3) is 0 Å². The van der Waals surface area contributed by atoms with Crippen molar-refractivity contribution >= 4 is 21.6 Å². The minimum atomic E-state index is -3.79. The highest BCUT2D eigenvalue weighted by atomic mass is 35.5. The summed E-state index contributed by atoms with van der Waals surface area (Å²) < 4.78 is 26.1. The molecule has 1 aromatic carbocycles.